The molecule has 1 aliphatic carbocycles. The Morgan fingerprint density at radius 1 is 0.727 bits per heavy atom. The van der Waals surface area contributed by atoms with Gasteiger partial charge in [-0.25, -0.2) is 0 Å². The molecule has 0 saturated heterocycles. The third-order valence-corrected chi connectivity index (χ3v) is 4.47. The maximum Gasteiger partial charge on any atom is 0.00403 e. The van der Waals surface area contributed by atoms with Crippen molar-refractivity contribution >= 4 is 24.3 Å². The molecule has 0 fully saturated rings. The van der Waals surface area contributed by atoms with Gasteiger partial charge < -0.3 is 0 Å². The molecule has 0 nitrogen and oxygen atoms in total. The molecule has 0 atom stereocenters. The van der Waals surface area contributed by atoms with Crippen LogP contribution >= 0.6 is 12.6 Å². The second-order valence-electron chi connectivity index (χ2n) is 5.74. The number of hydrogen-bond donors (Lipinski definition) is 1. The van der Waals surface area contributed by atoms with Gasteiger partial charge in [0.15, 0.2) is 0 Å². The maximum absolute atomic E-state index is 4.36. The van der Waals surface area contributed by atoms with Crippen molar-refractivity contribution in [2.24, 2.45) is 0 Å². The highest BCUT2D eigenvalue weighted by molar-refractivity contribution is 7.80. The molecule has 0 heterocycles. The summed E-state index contributed by atoms with van der Waals surface area (Å²) in [6, 6.07) is 23.7. The Kier molecular flexibility index (Phi) is 3.16. The Labute approximate surface area is 136 Å². The minimum Gasteiger partial charge on any atom is -0.143 e. The number of benzene rings is 3. The highest BCUT2D eigenvalue weighted by atomic mass is 32.1. The summed E-state index contributed by atoms with van der Waals surface area (Å²) in [5, 5.41) is 0. The van der Waals surface area contributed by atoms with E-state index < -0.39 is 0 Å². The van der Waals surface area contributed by atoms with Crippen molar-refractivity contribution in [3.05, 3.63) is 89.0 Å². The van der Waals surface area contributed by atoms with Gasteiger partial charge in [0.2, 0.25) is 0 Å². The number of rotatable bonds is 1. The Bertz CT molecular complexity index is 886. The van der Waals surface area contributed by atoms with Crippen molar-refractivity contribution in [2.75, 3.05) is 0 Å². The van der Waals surface area contributed by atoms with Crippen LogP contribution in [-0.4, -0.2) is 0 Å². The smallest absolute Gasteiger partial charge is 0.00403 e. The van der Waals surface area contributed by atoms with E-state index in [4.69, 9.17) is 0 Å². The highest BCUT2D eigenvalue weighted by Crippen LogP contribution is 2.45. The molecule has 106 valence electrons. The highest BCUT2D eigenvalue weighted by Gasteiger charge is 2.22. The molecule has 0 aliphatic heterocycles. The lowest BCUT2D eigenvalue weighted by Gasteiger charge is -2.04. The van der Waals surface area contributed by atoms with E-state index in [9.17, 15) is 0 Å². The van der Waals surface area contributed by atoms with Crippen molar-refractivity contribution in [1.82, 2.24) is 0 Å². The van der Waals surface area contributed by atoms with E-state index in [2.05, 4.69) is 80.2 Å². The fourth-order valence-corrected chi connectivity index (χ4v) is 3.26. The van der Waals surface area contributed by atoms with Crippen LogP contribution in [0.3, 0.4) is 0 Å². The number of hydrogen-bond acceptors (Lipinski definition) is 1. The van der Waals surface area contributed by atoms with Crippen molar-refractivity contribution in [3.63, 3.8) is 0 Å². The largest absolute Gasteiger partial charge is 0.143 e. The molecule has 0 saturated carbocycles. The second-order valence-corrected chi connectivity index (χ2v) is 6.26. The van der Waals surface area contributed by atoms with E-state index in [1.54, 1.807) is 0 Å². The number of aryl methyl sites for hydroxylation is 1. The van der Waals surface area contributed by atoms with Crippen LogP contribution in [0.15, 0.2) is 71.6 Å². The van der Waals surface area contributed by atoms with Gasteiger partial charge in [-0.2, -0.15) is 0 Å². The summed E-state index contributed by atoms with van der Waals surface area (Å²) in [5.74, 6) is 0. The predicted octanol–water partition coefficient (Wildman–Crippen LogP) is 5.85. The van der Waals surface area contributed by atoms with Crippen molar-refractivity contribution in [1.29, 1.82) is 0 Å². The molecule has 0 spiro atoms. The van der Waals surface area contributed by atoms with Crippen molar-refractivity contribution in [2.45, 2.75) is 11.8 Å². The van der Waals surface area contributed by atoms with Gasteiger partial charge in [0, 0.05) is 4.90 Å². The zero-order valence-corrected chi connectivity index (χ0v) is 13.3. The maximum atomic E-state index is 4.36. The first kappa shape index (κ1) is 13.4. The summed E-state index contributed by atoms with van der Waals surface area (Å²) >= 11 is 4.36. The summed E-state index contributed by atoms with van der Waals surface area (Å²) in [7, 11) is 0. The monoisotopic (exact) mass is 300 g/mol. The lowest BCUT2D eigenvalue weighted by Crippen LogP contribution is -1.83. The zero-order valence-electron chi connectivity index (χ0n) is 12.4. The van der Waals surface area contributed by atoms with E-state index in [0.29, 0.717) is 0 Å². The molecule has 3 aromatic carbocycles. The Balaban J connectivity index is 1.96. The van der Waals surface area contributed by atoms with Gasteiger partial charge in [0.05, 0.1) is 0 Å². The molecule has 1 aliphatic rings. The lowest BCUT2D eigenvalue weighted by atomic mass is 10.00. The molecule has 0 radical (unpaired) electrons. The minimum absolute atomic E-state index is 0.991. The third kappa shape index (κ3) is 2.18. The summed E-state index contributed by atoms with van der Waals surface area (Å²) in [6.45, 7) is 2.15. The fourth-order valence-electron chi connectivity index (χ4n) is 3.11. The molecular formula is C21H16S. The van der Waals surface area contributed by atoms with Gasteiger partial charge in [-0.3, -0.25) is 0 Å². The molecule has 0 aromatic heterocycles. The summed E-state index contributed by atoms with van der Waals surface area (Å²) in [5.41, 5.74) is 9.11. The van der Waals surface area contributed by atoms with Crippen LogP contribution in [-0.2, 0) is 0 Å². The Morgan fingerprint density at radius 2 is 1.41 bits per heavy atom. The third-order valence-electron chi connectivity index (χ3n) is 4.18. The van der Waals surface area contributed by atoms with Crippen LogP contribution in [0.2, 0.25) is 0 Å². The van der Waals surface area contributed by atoms with Gasteiger partial charge in [0.1, 0.15) is 0 Å². The van der Waals surface area contributed by atoms with E-state index >= 15 is 0 Å². The molecule has 0 bridgehead atoms. The Hall–Kier alpha value is -2.25. The summed E-state index contributed by atoms with van der Waals surface area (Å²) in [4.78, 5) is 0.991. The fraction of sp³-hybridized carbons (Fsp3) is 0.0476. The van der Waals surface area contributed by atoms with E-state index in [0.717, 1.165) is 4.90 Å². The lowest BCUT2D eigenvalue weighted by molar-refractivity contribution is 1.45. The number of fused-ring (bicyclic) bond motifs is 3. The molecule has 0 unspecified atom stereocenters. The van der Waals surface area contributed by atoms with Gasteiger partial charge in [-0.15, -0.1) is 12.6 Å². The van der Waals surface area contributed by atoms with E-state index in [1.807, 2.05) is 12.1 Å². The first-order valence-electron chi connectivity index (χ1n) is 7.44. The van der Waals surface area contributed by atoms with Crippen LogP contribution < -0.4 is 0 Å². The molecular weight excluding hydrogens is 284 g/mol. The van der Waals surface area contributed by atoms with Crippen LogP contribution in [0.25, 0.3) is 22.8 Å². The van der Waals surface area contributed by atoms with Crippen molar-refractivity contribution < 1.29 is 0 Å². The normalized spacial score (nSPS) is 14.0. The molecule has 0 N–H and O–H groups in total. The van der Waals surface area contributed by atoms with Gasteiger partial charge >= 0.3 is 0 Å². The molecule has 1 heteroatoms. The minimum atomic E-state index is 0.991. The molecule has 3 aromatic rings. The van der Waals surface area contributed by atoms with Gasteiger partial charge in [-0.05, 0) is 58.5 Å². The first-order chi connectivity index (χ1) is 10.7. The van der Waals surface area contributed by atoms with Crippen LogP contribution in [0.5, 0.6) is 0 Å². The van der Waals surface area contributed by atoms with Gasteiger partial charge in [-0.1, -0.05) is 60.2 Å². The van der Waals surface area contributed by atoms with E-state index in [1.165, 1.54) is 39.0 Å². The second kappa shape index (κ2) is 5.19. The SMILES string of the molecule is Cc1ccc2c(c1)/C(=C/c1ccc(S)cc1)c1ccccc1-2. The van der Waals surface area contributed by atoms with Crippen molar-refractivity contribution in [3.8, 4) is 11.1 Å². The average Bonchev–Trinajstić information content (AvgIpc) is 2.83. The van der Waals surface area contributed by atoms with Crippen LogP contribution in [0.4, 0.5) is 0 Å². The van der Waals surface area contributed by atoms with Crippen LogP contribution in [0.1, 0.15) is 22.3 Å². The van der Waals surface area contributed by atoms with Crippen LogP contribution in [0, 0.1) is 6.92 Å². The molecule has 22 heavy (non-hydrogen) atoms. The first-order valence-corrected chi connectivity index (χ1v) is 7.88. The molecule has 4 rings (SSSR count). The topological polar surface area (TPSA) is 0 Å². The zero-order chi connectivity index (χ0) is 15.1. The number of thiol groups is 1. The van der Waals surface area contributed by atoms with E-state index in [-0.39, 0.29) is 0 Å². The average molecular weight is 300 g/mol. The van der Waals surface area contributed by atoms with Gasteiger partial charge in [0.25, 0.3) is 0 Å². The Morgan fingerprint density at radius 3 is 2.18 bits per heavy atom. The summed E-state index contributed by atoms with van der Waals surface area (Å²) < 4.78 is 0. The predicted molar refractivity (Wildman–Crippen MR) is 97.3 cm³/mol. The standard InChI is InChI=1S/C21H16S/c1-14-6-11-19-17-4-2-3-5-18(17)21(20(19)12-14)13-15-7-9-16(22)10-8-15/h2-13,22H,1H3/b21-13+. The summed E-state index contributed by atoms with van der Waals surface area (Å²) in [6.07, 6.45) is 2.28. The quantitative estimate of drug-likeness (QED) is 0.419. The molecule has 0 amide bonds.